The number of ether oxygens (including phenoxy) is 1. The molecule has 1 nitrogen and oxygen atoms in total. The third kappa shape index (κ3) is 1.71. The molecule has 1 aliphatic rings. The molecular weight excluding hydrogens is 203 g/mol. The highest BCUT2D eigenvalue weighted by molar-refractivity contribution is 6.18. The minimum absolute atomic E-state index is 0.274. The second kappa shape index (κ2) is 3.43. The van der Waals surface area contributed by atoms with Gasteiger partial charge in [-0.1, -0.05) is 12.1 Å². The molecule has 1 aromatic carbocycles. The Balaban J connectivity index is 2.21. The SMILES string of the molecule is Cc1cccc(OC2(CCl)CC2)c1F. The molecular formula is C11H12ClFO. The van der Waals surface area contributed by atoms with Crippen molar-refractivity contribution in [3.05, 3.63) is 29.6 Å². The van der Waals surface area contributed by atoms with Crippen LogP contribution in [0.4, 0.5) is 4.39 Å². The maximum absolute atomic E-state index is 13.5. The zero-order valence-corrected chi connectivity index (χ0v) is 8.77. The van der Waals surface area contributed by atoms with Crippen molar-refractivity contribution < 1.29 is 9.13 Å². The summed E-state index contributed by atoms with van der Waals surface area (Å²) in [7, 11) is 0. The average molecular weight is 215 g/mol. The van der Waals surface area contributed by atoms with Crippen LogP contribution in [-0.2, 0) is 0 Å². The zero-order chi connectivity index (χ0) is 10.2. The van der Waals surface area contributed by atoms with Crippen LogP contribution in [0.25, 0.3) is 0 Å². The minimum atomic E-state index is -0.295. The van der Waals surface area contributed by atoms with Gasteiger partial charge in [-0.05, 0) is 31.4 Å². The van der Waals surface area contributed by atoms with Gasteiger partial charge in [0.25, 0.3) is 0 Å². The number of hydrogen-bond acceptors (Lipinski definition) is 1. The molecule has 1 aromatic rings. The van der Waals surface area contributed by atoms with Gasteiger partial charge in [0.1, 0.15) is 5.60 Å². The molecule has 0 aliphatic heterocycles. The molecule has 1 saturated carbocycles. The summed E-state index contributed by atoms with van der Waals surface area (Å²) in [6.45, 7) is 1.72. The van der Waals surface area contributed by atoms with E-state index in [0.29, 0.717) is 17.2 Å². The molecule has 0 aromatic heterocycles. The monoisotopic (exact) mass is 214 g/mol. The second-order valence-corrected chi connectivity index (χ2v) is 4.07. The zero-order valence-electron chi connectivity index (χ0n) is 8.02. The van der Waals surface area contributed by atoms with Gasteiger partial charge in [0.2, 0.25) is 0 Å². The van der Waals surface area contributed by atoms with E-state index in [0.717, 1.165) is 12.8 Å². The quantitative estimate of drug-likeness (QED) is 0.702. The first-order chi connectivity index (χ1) is 6.67. The van der Waals surface area contributed by atoms with Crippen molar-refractivity contribution in [3.8, 4) is 5.75 Å². The van der Waals surface area contributed by atoms with Gasteiger partial charge in [0.05, 0.1) is 5.88 Å². The van der Waals surface area contributed by atoms with Crippen LogP contribution >= 0.6 is 11.6 Å². The molecule has 0 radical (unpaired) electrons. The van der Waals surface area contributed by atoms with Crippen molar-refractivity contribution in [2.45, 2.75) is 25.4 Å². The summed E-state index contributed by atoms with van der Waals surface area (Å²) in [5.41, 5.74) is 0.309. The van der Waals surface area contributed by atoms with E-state index >= 15 is 0 Å². The Morgan fingerprint density at radius 2 is 2.21 bits per heavy atom. The molecule has 1 fully saturated rings. The lowest BCUT2D eigenvalue weighted by Gasteiger charge is -2.16. The number of halogens is 2. The fraction of sp³-hybridized carbons (Fsp3) is 0.455. The Morgan fingerprint density at radius 3 is 2.79 bits per heavy atom. The molecule has 0 atom stereocenters. The topological polar surface area (TPSA) is 9.23 Å². The summed E-state index contributed by atoms with van der Waals surface area (Å²) in [5.74, 6) is 0.479. The number of alkyl halides is 1. The largest absolute Gasteiger partial charge is 0.483 e. The highest BCUT2D eigenvalue weighted by Gasteiger charge is 2.45. The number of aryl methyl sites for hydroxylation is 1. The number of hydrogen-bond donors (Lipinski definition) is 0. The van der Waals surface area contributed by atoms with E-state index in [9.17, 15) is 4.39 Å². The van der Waals surface area contributed by atoms with Crippen LogP contribution in [0.1, 0.15) is 18.4 Å². The first kappa shape index (κ1) is 9.78. The molecule has 0 spiro atoms. The molecule has 0 saturated heterocycles. The van der Waals surface area contributed by atoms with Gasteiger partial charge in [0.15, 0.2) is 11.6 Å². The van der Waals surface area contributed by atoms with Crippen molar-refractivity contribution >= 4 is 11.6 Å². The number of rotatable bonds is 3. The van der Waals surface area contributed by atoms with Crippen LogP contribution in [0.3, 0.4) is 0 Å². The van der Waals surface area contributed by atoms with E-state index in [1.54, 1.807) is 25.1 Å². The predicted molar refractivity (Wildman–Crippen MR) is 54.5 cm³/mol. The van der Waals surface area contributed by atoms with Crippen LogP contribution in [0, 0.1) is 12.7 Å². The highest BCUT2D eigenvalue weighted by atomic mass is 35.5. The fourth-order valence-corrected chi connectivity index (χ4v) is 1.66. The Hall–Kier alpha value is -0.760. The molecule has 0 heterocycles. The van der Waals surface area contributed by atoms with Crippen molar-refractivity contribution in [1.29, 1.82) is 0 Å². The lowest BCUT2D eigenvalue weighted by molar-refractivity contribution is 0.194. The van der Waals surface area contributed by atoms with Crippen LogP contribution < -0.4 is 4.74 Å². The third-order valence-corrected chi connectivity index (χ3v) is 3.02. The smallest absolute Gasteiger partial charge is 0.167 e. The van der Waals surface area contributed by atoms with Crippen LogP contribution in [0.2, 0.25) is 0 Å². The maximum Gasteiger partial charge on any atom is 0.167 e. The van der Waals surface area contributed by atoms with Gasteiger partial charge in [-0.3, -0.25) is 0 Å². The summed E-state index contributed by atoms with van der Waals surface area (Å²) in [4.78, 5) is 0. The van der Waals surface area contributed by atoms with E-state index in [1.807, 2.05) is 0 Å². The molecule has 76 valence electrons. The van der Waals surface area contributed by atoms with Gasteiger partial charge in [-0.2, -0.15) is 0 Å². The van der Waals surface area contributed by atoms with Gasteiger partial charge in [-0.15, -0.1) is 11.6 Å². The summed E-state index contributed by atoms with van der Waals surface area (Å²) < 4.78 is 19.1. The molecule has 2 rings (SSSR count). The second-order valence-electron chi connectivity index (χ2n) is 3.81. The van der Waals surface area contributed by atoms with Crippen molar-refractivity contribution in [3.63, 3.8) is 0 Å². The normalized spacial score (nSPS) is 17.9. The fourth-order valence-electron chi connectivity index (χ4n) is 1.33. The Labute approximate surface area is 87.8 Å². The van der Waals surface area contributed by atoms with Gasteiger partial charge in [-0.25, -0.2) is 4.39 Å². The lowest BCUT2D eigenvalue weighted by atomic mass is 10.2. The summed E-state index contributed by atoms with van der Waals surface area (Å²) >= 11 is 5.75. The molecule has 0 unspecified atom stereocenters. The number of benzene rings is 1. The maximum atomic E-state index is 13.5. The van der Waals surface area contributed by atoms with E-state index in [1.165, 1.54) is 0 Å². The van der Waals surface area contributed by atoms with Gasteiger partial charge >= 0.3 is 0 Å². The first-order valence-corrected chi connectivity index (χ1v) is 5.20. The molecule has 0 bridgehead atoms. The summed E-state index contributed by atoms with van der Waals surface area (Å²) in [5, 5.41) is 0. The molecule has 0 N–H and O–H groups in total. The van der Waals surface area contributed by atoms with Gasteiger partial charge < -0.3 is 4.74 Å². The Morgan fingerprint density at radius 1 is 1.50 bits per heavy atom. The lowest BCUT2D eigenvalue weighted by Crippen LogP contribution is -2.20. The van der Waals surface area contributed by atoms with Crippen LogP contribution in [-0.4, -0.2) is 11.5 Å². The molecule has 1 aliphatic carbocycles. The van der Waals surface area contributed by atoms with E-state index in [-0.39, 0.29) is 11.4 Å². The molecule has 14 heavy (non-hydrogen) atoms. The first-order valence-electron chi connectivity index (χ1n) is 4.67. The van der Waals surface area contributed by atoms with Crippen LogP contribution in [0.15, 0.2) is 18.2 Å². The van der Waals surface area contributed by atoms with E-state index in [2.05, 4.69) is 0 Å². The van der Waals surface area contributed by atoms with E-state index in [4.69, 9.17) is 16.3 Å². The Bertz CT molecular complexity index is 347. The summed E-state index contributed by atoms with van der Waals surface area (Å²) in [6.07, 6.45) is 1.84. The van der Waals surface area contributed by atoms with Crippen molar-refractivity contribution in [2.75, 3.05) is 5.88 Å². The van der Waals surface area contributed by atoms with Crippen molar-refractivity contribution in [1.82, 2.24) is 0 Å². The van der Waals surface area contributed by atoms with E-state index < -0.39 is 0 Å². The Kier molecular flexibility index (Phi) is 2.40. The summed E-state index contributed by atoms with van der Waals surface area (Å²) in [6, 6.07) is 5.16. The average Bonchev–Trinajstić information content (AvgIpc) is 2.94. The molecule has 0 amide bonds. The third-order valence-electron chi connectivity index (χ3n) is 2.53. The minimum Gasteiger partial charge on any atom is -0.483 e. The van der Waals surface area contributed by atoms with Crippen LogP contribution in [0.5, 0.6) is 5.75 Å². The van der Waals surface area contributed by atoms with Gasteiger partial charge in [0, 0.05) is 0 Å². The standard InChI is InChI=1S/C11H12ClFO/c1-8-3-2-4-9(10(8)13)14-11(7-12)5-6-11/h2-4H,5-7H2,1H3. The predicted octanol–water partition coefficient (Wildman–Crippen LogP) is 3.28. The molecule has 3 heteroatoms. The highest BCUT2D eigenvalue weighted by Crippen LogP contribution is 2.41. The van der Waals surface area contributed by atoms with Crippen molar-refractivity contribution in [2.24, 2.45) is 0 Å².